The van der Waals surface area contributed by atoms with Crippen LogP contribution in [0.15, 0.2) is 22.7 Å². The van der Waals surface area contributed by atoms with Crippen LogP contribution in [0.4, 0.5) is 0 Å². The van der Waals surface area contributed by atoms with Crippen molar-refractivity contribution in [1.29, 1.82) is 0 Å². The Morgan fingerprint density at radius 2 is 2.29 bits per heavy atom. The predicted octanol–water partition coefficient (Wildman–Crippen LogP) is 2.62. The van der Waals surface area contributed by atoms with Crippen LogP contribution in [0.2, 0.25) is 0 Å². The van der Waals surface area contributed by atoms with Gasteiger partial charge >= 0.3 is 0 Å². The molecule has 92 valence electrons. The van der Waals surface area contributed by atoms with Gasteiger partial charge < -0.3 is 9.64 Å². The Balaban J connectivity index is 2.15. The molecule has 1 heterocycles. The summed E-state index contributed by atoms with van der Waals surface area (Å²) in [6.07, 6.45) is 0.126. The molecule has 0 spiro atoms. The van der Waals surface area contributed by atoms with Gasteiger partial charge in [-0.3, -0.25) is 4.79 Å². The van der Waals surface area contributed by atoms with Crippen LogP contribution in [0, 0.1) is 6.92 Å². The van der Waals surface area contributed by atoms with Gasteiger partial charge in [-0.25, -0.2) is 0 Å². The lowest BCUT2D eigenvalue weighted by Crippen LogP contribution is -2.44. The molecule has 0 aromatic heterocycles. The number of halogens is 1. The highest BCUT2D eigenvalue weighted by Gasteiger charge is 2.22. The molecule has 1 fully saturated rings. The van der Waals surface area contributed by atoms with Crippen LogP contribution in [0.1, 0.15) is 22.8 Å². The van der Waals surface area contributed by atoms with Crippen LogP contribution in [-0.2, 0) is 4.74 Å². The second-order valence-electron chi connectivity index (χ2n) is 4.40. The summed E-state index contributed by atoms with van der Waals surface area (Å²) in [4.78, 5) is 14.1. The van der Waals surface area contributed by atoms with Crippen molar-refractivity contribution >= 4 is 21.8 Å². The molecule has 1 amide bonds. The molecule has 1 aliphatic rings. The van der Waals surface area contributed by atoms with Gasteiger partial charge in [-0.05, 0) is 31.5 Å². The number of rotatable bonds is 1. The van der Waals surface area contributed by atoms with Crippen molar-refractivity contribution in [1.82, 2.24) is 4.90 Å². The van der Waals surface area contributed by atoms with Gasteiger partial charge in [-0.2, -0.15) is 0 Å². The zero-order chi connectivity index (χ0) is 12.4. The Morgan fingerprint density at radius 1 is 1.53 bits per heavy atom. The lowest BCUT2D eigenvalue weighted by molar-refractivity contribution is -0.0124. The van der Waals surface area contributed by atoms with Crippen LogP contribution >= 0.6 is 15.9 Å². The summed E-state index contributed by atoms with van der Waals surface area (Å²) in [5, 5.41) is 0. The van der Waals surface area contributed by atoms with Gasteiger partial charge in [-0.1, -0.05) is 22.0 Å². The molecule has 4 heteroatoms. The molecule has 1 aliphatic heterocycles. The average molecular weight is 298 g/mol. The molecule has 0 bridgehead atoms. The minimum atomic E-state index is 0.0841. The molecule has 3 nitrogen and oxygen atoms in total. The predicted molar refractivity (Wildman–Crippen MR) is 70.2 cm³/mol. The molecule has 1 aromatic carbocycles. The number of morpholine rings is 1. The van der Waals surface area contributed by atoms with E-state index in [-0.39, 0.29) is 12.0 Å². The number of amides is 1. The molecule has 0 N–H and O–H groups in total. The number of aryl methyl sites for hydroxylation is 1. The van der Waals surface area contributed by atoms with E-state index in [0.29, 0.717) is 19.7 Å². The lowest BCUT2D eigenvalue weighted by atomic mass is 10.1. The van der Waals surface area contributed by atoms with Gasteiger partial charge in [0.1, 0.15) is 0 Å². The molecule has 0 saturated carbocycles. The SMILES string of the molecule is Cc1ccc(C(=O)N2CCOC(C)C2)cc1Br. The highest BCUT2D eigenvalue weighted by atomic mass is 79.9. The summed E-state index contributed by atoms with van der Waals surface area (Å²) in [7, 11) is 0. The first kappa shape index (κ1) is 12.6. The van der Waals surface area contributed by atoms with Gasteiger partial charge in [-0.15, -0.1) is 0 Å². The summed E-state index contributed by atoms with van der Waals surface area (Å²) in [6.45, 7) is 5.97. The topological polar surface area (TPSA) is 29.5 Å². The van der Waals surface area contributed by atoms with E-state index in [2.05, 4.69) is 15.9 Å². The largest absolute Gasteiger partial charge is 0.375 e. The van der Waals surface area contributed by atoms with Crippen LogP contribution in [0.5, 0.6) is 0 Å². The molecule has 1 aromatic rings. The first-order chi connectivity index (χ1) is 8.08. The van der Waals surface area contributed by atoms with E-state index < -0.39 is 0 Å². The summed E-state index contributed by atoms with van der Waals surface area (Å²) in [5.74, 6) is 0.0841. The van der Waals surface area contributed by atoms with Crippen LogP contribution in [0.3, 0.4) is 0 Å². The summed E-state index contributed by atoms with van der Waals surface area (Å²) >= 11 is 3.45. The van der Waals surface area contributed by atoms with Gasteiger partial charge in [0, 0.05) is 23.1 Å². The van der Waals surface area contributed by atoms with Gasteiger partial charge in [0.05, 0.1) is 12.7 Å². The maximum Gasteiger partial charge on any atom is 0.254 e. The Labute approximate surface area is 110 Å². The number of benzene rings is 1. The van der Waals surface area contributed by atoms with E-state index >= 15 is 0 Å². The zero-order valence-electron chi connectivity index (χ0n) is 10.1. The van der Waals surface area contributed by atoms with E-state index in [9.17, 15) is 4.79 Å². The quantitative estimate of drug-likeness (QED) is 0.797. The smallest absolute Gasteiger partial charge is 0.254 e. The Morgan fingerprint density at radius 3 is 2.94 bits per heavy atom. The Bertz CT molecular complexity index is 433. The maximum atomic E-state index is 12.3. The van der Waals surface area contributed by atoms with Crippen molar-refractivity contribution in [2.45, 2.75) is 20.0 Å². The van der Waals surface area contributed by atoms with Crippen molar-refractivity contribution in [3.05, 3.63) is 33.8 Å². The van der Waals surface area contributed by atoms with Crippen LogP contribution in [-0.4, -0.2) is 36.6 Å². The molecule has 2 rings (SSSR count). The second kappa shape index (κ2) is 5.19. The lowest BCUT2D eigenvalue weighted by Gasteiger charge is -2.31. The highest BCUT2D eigenvalue weighted by Crippen LogP contribution is 2.19. The zero-order valence-corrected chi connectivity index (χ0v) is 11.7. The van der Waals surface area contributed by atoms with Gasteiger partial charge in [0.2, 0.25) is 0 Å². The minimum absolute atomic E-state index is 0.0841. The number of ether oxygens (including phenoxy) is 1. The van der Waals surface area contributed by atoms with Crippen molar-refractivity contribution in [2.75, 3.05) is 19.7 Å². The molecule has 17 heavy (non-hydrogen) atoms. The molecular formula is C13H16BrNO2. The fourth-order valence-corrected chi connectivity index (χ4v) is 2.29. The fraction of sp³-hybridized carbons (Fsp3) is 0.462. The van der Waals surface area contributed by atoms with Crippen molar-refractivity contribution in [3.63, 3.8) is 0 Å². The monoisotopic (exact) mass is 297 g/mol. The number of carbonyl (C=O) groups is 1. The van der Waals surface area contributed by atoms with Crippen molar-refractivity contribution < 1.29 is 9.53 Å². The van der Waals surface area contributed by atoms with E-state index in [0.717, 1.165) is 15.6 Å². The van der Waals surface area contributed by atoms with E-state index in [1.54, 1.807) is 0 Å². The maximum absolute atomic E-state index is 12.3. The fourth-order valence-electron chi connectivity index (χ4n) is 1.91. The van der Waals surface area contributed by atoms with E-state index in [1.807, 2.05) is 36.9 Å². The van der Waals surface area contributed by atoms with Crippen LogP contribution in [0.25, 0.3) is 0 Å². The van der Waals surface area contributed by atoms with E-state index in [1.165, 1.54) is 0 Å². The van der Waals surface area contributed by atoms with E-state index in [4.69, 9.17) is 4.74 Å². The summed E-state index contributed by atoms with van der Waals surface area (Å²) in [6, 6.07) is 5.72. The normalized spacial score (nSPS) is 20.4. The third kappa shape index (κ3) is 2.87. The number of carbonyl (C=O) groups excluding carboxylic acids is 1. The Hall–Kier alpha value is -0.870. The number of nitrogens with zero attached hydrogens (tertiary/aromatic N) is 1. The van der Waals surface area contributed by atoms with Gasteiger partial charge in [0.15, 0.2) is 0 Å². The summed E-state index contributed by atoms with van der Waals surface area (Å²) < 4.78 is 6.41. The van der Waals surface area contributed by atoms with Crippen molar-refractivity contribution in [2.24, 2.45) is 0 Å². The Kier molecular flexibility index (Phi) is 3.84. The van der Waals surface area contributed by atoms with Gasteiger partial charge in [0.25, 0.3) is 5.91 Å². The molecule has 0 radical (unpaired) electrons. The molecule has 1 atom stereocenters. The molecule has 0 aliphatic carbocycles. The standard InChI is InChI=1S/C13H16BrNO2/c1-9-3-4-11(7-12(9)14)13(16)15-5-6-17-10(2)8-15/h3-4,7,10H,5-6,8H2,1-2H3. The first-order valence-electron chi connectivity index (χ1n) is 5.75. The third-order valence-electron chi connectivity index (χ3n) is 2.95. The number of hydrogen-bond acceptors (Lipinski definition) is 2. The number of hydrogen-bond donors (Lipinski definition) is 0. The highest BCUT2D eigenvalue weighted by molar-refractivity contribution is 9.10. The third-order valence-corrected chi connectivity index (χ3v) is 3.80. The average Bonchev–Trinajstić information content (AvgIpc) is 2.32. The molecule has 1 saturated heterocycles. The van der Waals surface area contributed by atoms with Crippen molar-refractivity contribution in [3.8, 4) is 0 Å². The summed E-state index contributed by atoms with van der Waals surface area (Å²) in [5.41, 5.74) is 1.87. The minimum Gasteiger partial charge on any atom is -0.375 e. The molecule has 1 unspecified atom stereocenters. The first-order valence-corrected chi connectivity index (χ1v) is 6.54. The second-order valence-corrected chi connectivity index (χ2v) is 5.25. The van der Waals surface area contributed by atoms with Crippen LogP contribution < -0.4 is 0 Å². The molecular weight excluding hydrogens is 282 g/mol.